The highest BCUT2D eigenvalue weighted by Crippen LogP contribution is 2.25. The van der Waals surface area contributed by atoms with Gasteiger partial charge in [0.05, 0.1) is 5.54 Å². The van der Waals surface area contributed by atoms with Crippen LogP contribution in [-0.4, -0.2) is 29.4 Å². The van der Waals surface area contributed by atoms with Crippen molar-refractivity contribution in [2.75, 3.05) is 13.1 Å². The third-order valence-corrected chi connectivity index (χ3v) is 3.59. The molecule has 2 N–H and O–H groups in total. The zero-order chi connectivity index (χ0) is 10.8. The standard InChI is InChI=1S/C11H22N2O/c1-4-9-5-7-13(8-6-9)11(2,3)10(12)14/h9H,4-8H2,1-3H3,(H2,12,14). The fourth-order valence-corrected chi connectivity index (χ4v) is 2.06. The van der Waals surface area contributed by atoms with E-state index in [4.69, 9.17) is 5.73 Å². The Kier molecular flexibility index (Phi) is 3.53. The normalized spacial score (nSPS) is 21.1. The quantitative estimate of drug-likeness (QED) is 0.744. The fourth-order valence-electron chi connectivity index (χ4n) is 2.06. The van der Waals surface area contributed by atoms with E-state index in [9.17, 15) is 4.79 Å². The van der Waals surface area contributed by atoms with Gasteiger partial charge in [0.25, 0.3) is 0 Å². The number of amides is 1. The Morgan fingerprint density at radius 1 is 1.43 bits per heavy atom. The third kappa shape index (κ3) is 2.27. The molecule has 3 nitrogen and oxygen atoms in total. The van der Waals surface area contributed by atoms with Gasteiger partial charge in [0.1, 0.15) is 0 Å². The molecule has 0 bridgehead atoms. The number of primary amides is 1. The molecule has 0 aromatic heterocycles. The van der Waals surface area contributed by atoms with Gasteiger partial charge < -0.3 is 5.73 Å². The number of nitrogens with zero attached hydrogens (tertiary/aromatic N) is 1. The summed E-state index contributed by atoms with van der Waals surface area (Å²) in [7, 11) is 0. The lowest BCUT2D eigenvalue weighted by Gasteiger charge is -2.40. The minimum absolute atomic E-state index is 0.215. The minimum atomic E-state index is -0.474. The first-order chi connectivity index (χ1) is 6.48. The predicted octanol–water partition coefficient (Wildman–Crippen LogP) is 1.37. The largest absolute Gasteiger partial charge is 0.368 e. The molecule has 0 saturated carbocycles. The first-order valence-corrected chi connectivity index (χ1v) is 5.53. The van der Waals surface area contributed by atoms with Gasteiger partial charge in [0.15, 0.2) is 0 Å². The summed E-state index contributed by atoms with van der Waals surface area (Å²) in [5.41, 5.74) is 4.91. The molecule has 0 unspecified atom stereocenters. The van der Waals surface area contributed by atoms with Crippen LogP contribution in [0.3, 0.4) is 0 Å². The average molecular weight is 198 g/mol. The predicted molar refractivity (Wildman–Crippen MR) is 57.9 cm³/mol. The first kappa shape index (κ1) is 11.5. The van der Waals surface area contributed by atoms with Crippen LogP contribution in [0.4, 0.5) is 0 Å². The molecule has 14 heavy (non-hydrogen) atoms. The summed E-state index contributed by atoms with van der Waals surface area (Å²) in [5, 5.41) is 0. The number of hydrogen-bond donors (Lipinski definition) is 1. The first-order valence-electron chi connectivity index (χ1n) is 5.53. The molecular weight excluding hydrogens is 176 g/mol. The molecule has 0 atom stereocenters. The maximum absolute atomic E-state index is 11.3. The van der Waals surface area contributed by atoms with E-state index in [1.165, 1.54) is 19.3 Å². The Hall–Kier alpha value is -0.570. The van der Waals surface area contributed by atoms with Crippen molar-refractivity contribution in [1.82, 2.24) is 4.90 Å². The fraction of sp³-hybridized carbons (Fsp3) is 0.909. The van der Waals surface area contributed by atoms with Crippen LogP contribution >= 0.6 is 0 Å². The average Bonchev–Trinajstić information content (AvgIpc) is 2.17. The van der Waals surface area contributed by atoms with Crippen molar-refractivity contribution < 1.29 is 4.79 Å². The van der Waals surface area contributed by atoms with Crippen molar-refractivity contribution >= 4 is 5.91 Å². The van der Waals surface area contributed by atoms with E-state index in [-0.39, 0.29) is 5.91 Å². The number of carbonyl (C=O) groups excluding carboxylic acids is 1. The number of piperidine rings is 1. The zero-order valence-electron chi connectivity index (χ0n) is 9.55. The SMILES string of the molecule is CCC1CCN(C(C)(C)C(N)=O)CC1. The molecule has 0 spiro atoms. The second-order valence-electron chi connectivity index (χ2n) is 4.76. The van der Waals surface area contributed by atoms with E-state index in [0.717, 1.165) is 19.0 Å². The second-order valence-corrected chi connectivity index (χ2v) is 4.76. The van der Waals surface area contributed by atoms with Crippen LogP contribution < -0.4 is 5.73 Å². The number of nitrogens with two attached hydrogens (primary N) is 1. The lowest BCUT2D eigenvalue weighted by molar-refractivity contribution is -0.129. The summed E-state index contributed by atoms with van der Waals surface area (Å²) < 4.78 is 0. The Balaban J connectivity index is 2.53. The summed E-state index contributed by atoms with van der Waals surface area (Å²) in [5.74, 6) is 0.627. The summed E-state index contributed by atoms with van der Waals surface area (Å²) in [6, 6.07) is 0. The zero-order valence-corrected chi connectivity index (χ0v) is 9.55. The van der Waals surface area contributed by atoms with Crippen LogP contribution in [0.5, 0.6) is 0 Å². The molecule has 3 heteroatoms. The van der Waals surface area contributed by atoms with Crippen molar-refractivity contribution in [3.8, 4) is 0 Å². The molecule has 0 aromatic carbocycles. The van der Waals surface area contributed by atoms with E-state index in [1.807, 2.05) is 13.8 Å². The van der Waals surface area contributed by atoms with Gasteiger partial charge in [-0.3, -0.25) is 9.69 Å². The van der Waals surface area contributed by atoms with Crippen molar-refractivity contribution in [3.05, 3.63) is 0 Å². The Bertz CT molecular complexity index is 205. The molecule has 1 aliphatic rings. The Labute approximate surface area is 86.6 Å². The van der Waals surface area contributed by atoms with E-state index < -0.39 is 5.54 Å². The molecule has 1 saturated heterocycles. The van der Waals surface area contributed by atoms with Crippen LogP contribution in [0.2, 0.25) is 0 Å². The highest BCUT2D eigenvalue weighted by atomic mass is 16.1. The third-order valence-electron chi connectivity index (χ3n) is 3.59. The Morgan fingerprint density at radius 2 is 1.93 bits per heavy atom. The van der Waals surface area contributed by atoms with Gasteiger partial charge in [-0.1, -0.05) is 13.3 Å². The molecule has 0 aliphatic carbocycles. The molecule has 1 amide bonds. The highest BCUT2D eigenvalue weighted by Gasteiger charge is 2.34. The summed E-state index contributed by atoms with van der Waals surface area (Å²) >= 11 is 0. The lowest BCUT2D eigenvalue weighted by Crippen LogP contribution is -2.55. The van der Waals surface area contributed by atoms with E-state index in [1.54, 1.807) is 0 Å². The van der Waals surface area contributed by atoms with Gasteiger partial charge in [-0.15, -0.1) is 0 Å². The molecule has 82 valence electrons. The monoisotopic (exact) mass is 198 g/mol. The maximum Gasteiger partial charge on any atom is 0.237 e. The van der Waals surface area contributed by atoms with Gasteiger partial charge in [-0.2, -0.15) is 0 Å². The summed E-state index contributed by atoms with van der Waals surface area (Å²) in [6.45, 7) is 8.09. The van der Waals surface area contributed by atoms with E-state index in [0.29, 0.717) is 0 Å². The maximum atomic E-state index is 11.3. The van der Waals surface area contributed by atoms with Crippen LogP contribution in [0, 0.1) is 5.92 Å². The number of hydrogen-bond acceptors (Lipinski definition) is 2. The molecule has 1 fully saturated rings. The van der Waals surface area contributed by atoms with Crippen LogP contribution in [0.25, 0.3) is 0 Å². The van der Waals surface area contributed by atoms with Gasteiger partial charge in [0.2, 0.25) is 5.91 Å². The second kappa shape index (κ2) is 4.30. The minimum Gasteiger partial charge on any atom is -0.368 e. The molecule has 1 rings (SSSR count). The van der Waals surface area contributed by atoms with Gasteiger partial charge in [-0.25, -0.2) is 0 Å². The van der Waals surface area contributed by atoms with Crippen molar-refractivity contribution in [1.29, 1.82) is 0 Å². The van der Waals surface area contributed by atoms with Crippen molar-refractivity contribution in [3.63, 3.8) is 0 Å². The topological polar surface area (TPSA) is 46.3 Å². The molecule has 1 aliphatic heterocycles. The van der Waals surface area contributed by atoms with E-state index >= 15 is 0 Å². The number of carbonyl (C=O) groups is 1. The van der Waals surface area contributed by atoms with Crippen molar-refractivity contribution in [2.24, 2.45) is 11.7 Å². The number of likely N-dealkylation sites (tertiary alicyclic amines) is 1. The molecule has 0 radical (unpaired) electrons. The summed E-state index contributed by atoms with van der Waals surface area (Å²) in [4.78, 5) is 13.5. The summed E-state index contributed by atoms with van der Waals surface area (Å²) in [6.07, 6.45) is 3.66. The van der Waals surface area contributed by atoms with Crippen LogP contribution in [0.15, 0.2) is 0 Å². The highest BCUT2D eigenvalue weighted by molar-refractivity contribution is 5.83. The molecular formula is C11H22N2O. The lowest BCUT2D eigenvalue weighted by atomic mass is 9.90. The Morgan fingerprint density at radius 3 is 2.29 bits per heavy atom. The van der Waals surface area contributed by atoms with Gasteiger partial charge in [0, 0.05) is 0 Å². The number of rotatable bonds is 3. The van der Waals surface area contributed by atoms with Gasteiger partial charge >= 0.3 is 0 Å². The van der Waals surface area contributed by atoms with E-state index in [2.05, 4.69) is 11.8 Å². The smallest absolute Gasteiger partial charge is 0.237 e. The van der Waals surface area contributed by atoms with Crippen LogP contribution in [-0.2, 0) is 4.79 Å². The van der Waals surface area contributed by atoms with Crippen LogP contribution in [0.1, 0.15) is 40.0 Å². The van der Waals surface area contributed by atoms with Gasteiger partial charge in [-0.05, 0) is 45.7 Å². The molecule has 0 aromatic rings. The van der Waals surface area contributed by atoms with Crippen molar-refractivity contribution in [2.45, 2.75) is 45.6 Å². The molecule has 1 heterocycles.